The van der Waals surface area contributed by atoms with Gasteiger partial charge in [0, 0.05) is 11.1 Å². The Balaban J connectivity index is 2.41. The van der Waals surface area contributed by atoms with Gasteiger partial charge in [-0.1, -0.05) is 6.92 Å². The Hall–Kier alpha value is -0.940. The largest absolute Gasteiger partial charge is 0.348 e. The average molecular weight is 213 g/mol. The smallest absolute Gasteiger partial charge is 0.236 e. The predicted molar refractivity (Wildman–Crippen MR) is 57.0 cm³/mol. The van der Waals surface area contributed by atoms with Gasteiger partial charge in [-0.3, -0.25) is 4.79 Å². The SMILES string of the molecule is CCc1cnc(CNC(=O)[C@H](C)N)s1. The molecule has 1 aromatic heterocycles. The zero-order valence-corrected chi connectivity index (χ0v) is 9.23. The van der Waals surface area contributed by atoms with Crippen molar-refractivity contribution in [2.24, 2.45) is 5.73 Å². The average Bonchev–Trinajstić information content (AvgIpc) is 2.61. The van der Waals surface area contributed by atoms with Crippen LogP contribution in [0.1, 0.15) is 23.7 Å². The van der Waals surface area contributed by atoms with Gasteiger partial charge in [-0.05, 0) is 13.3 Å². The summed E-state index contributed by atoms with van der Waals surface area (Å²) in [5.41, 5.74) is 5.40. The number of aryl methyl sites for hydroxylation is 1. The topological polar surface area (TPSA) is 68.0 Å². The van der Waals surface area contributed by atoms with E-state index in [1.54, 1.807) is 18.3 Å². The molecule has 0 unspecified atom stereocenters. The molecule has 1 rings (SSSR count). The number of hydrogen-bond acceptors (Lipinski definition) is 4. The summed E-state index contributed by atoms with van der Waals surface area (Å²) in [7, 11) is 0. The summed E-state index contributed by atoms with van der Waals surface area (Å²) in [6.45, 7) is 4.22. The predicted octanol–water partition coefficient (Wildman–Crippen LogP) is 0.669. The van der Waals surface area contributed by atoms with Crippen molar-refractivity contribution in [1.82, 2.24) is 10.3 Å². The van der Waals surface area contributed by atoms with E-state index in [2.05, 4.69) is 17.2 Å². The third-order valence-corrected chi connectivity index (χ3v) is 2.92. The van der Waals surface area contributed by atoms with Crippen molar-refractivity contribution in [3.8, 4) is 0 Å². The Bertz CT molecular complexity index is 309. The molecule has 1 aromatic rings. The maximum atomic E-state index is 11.1. The Morgan fingerprint density at radius 1 is 1.79 bits per heavy atom. The number of rotatable bonds is 4. The lowest BCUT2D eigenvalue weighted by atomic mass is 10.3. The highest BCUT2D eigenvalue weighted by Gasteiger charge is 2.07. The first-order chi connectivity index (χ1) is 6.63. The van der Waals surface area contributed by atoms with Gasteiger partial charge < -0.3 is 11.1 Å². The standard InChI is InChI=1S/C9H15N3OS/c1-3-7-4-11-8(14-7)5-12-9(13)6(2)10/h4,6H,3,5,10H2,1-2H3,(H,12,13)/t6-/m0/s1. The van der Waals surface area contributed by atoms with Crippen LogP contribution in [-0.4, -0.2) is 16.9 Å². The Kier molecular flexibility index (Phi) is 4.03. The molecule has 0 aliphatic heterocycles. The summed E-state index contributed by atoms with van der Waals surface area (Å²) >= 11 is 1.62. The molecule has 0 aromatic carbocycles. The number of hydrogen-bond donors (Lipinski definition) is 2. The summed E-state index contributed by atoms with van der Waals surface area (Å²) in [5, 5.41) is 3.65. The molecule has 3 N–H and O–H groups in total. The van der Waals surface area contributed by atoms with Gasteiger partial charge >= 0.3 is 0 Å². The number of nitrogens with one attached hydrogen (secondary N) is 1. The first kappa shape index (κ1) is 11.1. The van der Waals surface area contributed by atoms with E-state index in [4.69, 9.17) is 5.73 Å². The van der Waals surface area contributed by atoms with E-state index >= 15 is 0 Å². The van der Waals surface area contributed by atoms with Crippen LogP contribution >= 0.6 is 11.3 Å². The number of carbonyl (C=O) groups is 1. The highest BCUT2D eigenvalue weighted by molar-refractivity contribution is 7.11. The minimum atomic E-state index is -0.458. The molecule has 0 aliphatic rings. The van der Waals surface area contributed by atoms with E-state index in [0.29, 0.717) is 6.54 Å². The van der Waals surface area contributed by atoms with Gasteiger partial charge in [0.15, 0.2) is 0 Å². The first-order valence-electron chi connectivity index (χ1n) is 4.60. The molecule has 14 heavy (non-hydrogen) atoms. The Morgan fingerprint density at radius 3 is 3.00 bits per heavy atom. The maximum Gasteiger partial charge on any atom is 0.236 e. The van der Waals surface area contributed by atoms with E-state index in [1.807, 2.05) is 6.20 Å². The number of amides is 1. The van der Waals surface area contributed by atoms with Gasteiger partial charge in [-0.25, -0.2) is 4.98 Å². The van der Waals surface area contributed by atoms with Crippen LogP contribution < -0.4 is 11.1 Å². The molecule has 1 atom stereocenters. The molecule has 0 radical (unpaired) electrons. The summed E-state index contributed by atoms with van der Waals surface area (Å²) in [5.74, 6) is -0.141. The molecule has 0 spiro atoms. The van der Waals surface area contributed by atoms with Gasteiger partial charge in [0.25, 0.3) is 0 Å². The molecule has 0 saturated carbocycles. The van der Waals surface area contributed by atoms with Crippen molar-refractivity contribution < 1.29 is 4.79 Å². The van der Waals surface area contributed by atoms with Crippen LogP contribution in [0, 0.1) is 0 Å². The second kappa shape index (κ2) is 5.07. The van der Waals surface area contributed by atoms with Crippen LogP contribution in [0.25, 0.3) is 0 Å². The van der Waals surface area contributed by atoms with E-state index in [0.717, 1.165) is 11.4 Å². The Morgan fingerprint density at radius 2 is 2.50 bits per heavy atom. The van der Waals surface area contributed by atoms with Gasteiger partial charge in [0.05, 0.1) is 12.6 Å². The quantitative estimate of drug-likeness (QED) is 0.772. The summed E-state index contributed by atoms with van der Waals surface area (Å²) in [6, 6.07) is -0.458. The number of carbonyl (C=O) groups excluding carboxylic acids is 1. The summed E-state index contributed by atoms with van der Waals surface area (Å²) < 4.78 is 0. The summed E-state index contributed by atoms with van der Waals surface area (Å²) in [4.78, 5) is 16.5. The van der Waals surface area contributed by atoms with Gasteiger partial charge in [-0.15, -0.1) is 11.3 Å². The molecule has 1 amide bonds. The molecule has 0 saturated heterocycles. The van der Waals surface area contributed by atoms with Crippen LogP contribution in [0.2, 0.25) is 0 Å². The van der Waals surface area contributed by atoms with Crippen LogP contribution in [0.15, 0.2) is 6.20 Å². The first-order valence-corrected chi connectivity index (χ1v) is 5.42. The molecule has 78 valence electrons. The van der Waals surface area contributed by atoms with Crippen molar-refractivity contribution in [2.45, 2.75) is 32.9 Å². The zero-order valence-electron chi connectivity index (χ0n) is 8.41. The molecular formula is C9H15N3OS. The van der Waals surface area contributed by atoms with Crippen LogP contribution in [0.4, 0.5) is 0 Å². The second-order valence-electron chi connectivity index (χ2n) is 3.08. The van der Waals surface area contributed by atoms with Crippen molar-refractivity contribution in [3.63, 3.8) is 0 Å². The minimum absolute atomic E-state index is 0.141. The molecule has 0 fully saturated rings. The number of aromatic nitrogens is 1. The van der Waals surface area contributed by atoms with Crippen LogP contribution in [0.3, 0.4) is 0 Å². The third kappa shape index (κ3) is 3.08. The van der Waals surface area contributed by atoms with Crippen molar-refractivity contribution >= 4 is 17.2 Å². The van der Waals surface area contributed by atoms with E-state index in [-0.39, 0.29) is 5.91 Å². The lowest BCUT2D eigenvalue weighted by Crippen LogP contribution is -2.37. The normalized spacial score (nSPS) is 12.5. The fraction of sp³-hybridized carbons (Fsp3) is 0.556. The van der Waals surface area contributed by atoms with Gasteiger partial charge in [0.2, 0.25) is 5.91 Å². The second-order valence-corrected chi connectivity index (χ2v) is 4.28. The Labute approximate surface area is 87.5 Å². The minimum Gasteiger partial charge on any atom is -0.348 e. The van der Waals surface area contributed by atoms with Crippen molar-refractivity contribution in [1.29, 1.82) is 0 Å². The molecule has 0 aliphatic carbocycles. The van der Waals surface area contributed by atoms with Crippen molar-refractivity contribution in [3.05, 3.63) is 16.1 Å². The lowest BCUT2D eigenvalue weighted by Gasteiger charge is -2.04. The van der Waals surface area contributed by atoms with Crippen LogP contribution in [0.5, 0.6) is 0 Å². The number of nitrogens with zero attached hydrogens (tertiary/aromatic N) is 1. The monoisotopic (exact) mass is 213 g/mol. The molecule has 1 heterocycles. The van der Waals surface area contributed by atoms with Crippen LogP contribution in [-0.2, 0) is 17.8 Å². The third-order valence-electron chi connectivity index (χ3n) is 1.78. The zero-order chi connectivity index (χ0) is 10.6. The number of nitrogens with two attached hydrogens (primary N) is 1. The van der Waals surface area contributed by atoms with E-state index < -0.39 is 6.04 Å². The van der Waals surface area contributed by atoms with Crippen molar-refractivity contribution in [2.75, 3.05) is 0 Å². The maximum absolute atomic E-state index is 11.1. The highest BCUT2D eigenvalue weighted by atomic mass is 32.1. The fourth-order valence-corrected chi connectivity index (χ4v) is 1.72. The van der Waals surface area contributed by atoms with Gasteiger partial charge in [0.1, 0.15) is 5.01 Å². The lowest BCUT2D eigenvalue weighted by molar-refractivity contribution is -0.122. The number of thiazole rings is 1. The highest BCUT2D eigenvalue weighted by Crippen LogP contribution is 2.12. The summed E-state index contributed by atoms with van der Waals surface area (Å²) in [6.07, 6.45) is 2.83. The van der Waals surface area contributed by atoms with E-state index in [9.17, 15) is 4.79 Å². The fourth-order valence-electron chi connectivity index (χ4n) is 0.917. The van der Waals surface area contributed by atoms with Gasteiger partial charge in [-0.2, -0.15) is 0 Å². The van der Waals surface area contributed by atoms with E-state index in [1.165, 1.54) is 4.88 Å². The molecular weight excluding hydrogens is 198 g/mol. The molecule has 0 bridgehead atoms. The molecule has 4 nitrogen and oxygen atoms in total. The molecule has 5 heteroatoms.